The van der Waals surface area contributed by atoms with E-state index in [0.29, 0.717) is 0 Å². The predicted octanol–water partition coefficient (Wildman–Crippen LogP) is 7.94. The van der Waals surface area contributed by atoms with Crippen LogP contribution in [0.15, 0.2) is 0 Å². The first kappa shape index (κ1) is 26.9. The van der Waals surface area contributed by atoms with Crippen molar-refractivity contribution in [3.05, 3.63) is 0 Å². The highest BCUT2D eigenvalue weighted by Crippen LogP contribution is 2.15. The molecule has 0 aromatic rings. The summed E-state index contributed by atoms with van der Waals surface area (Å²) in [6, 6.07) is 0. The second-order valence-corrected chi connectivity index (χ2v) is 8.67. The zero-order valence-electron chi connectivity index (χ0n) is 18.7. The maximum Gasteiger partial charge on any atom is 0.0540 e. The Morgan fingerprint density at radius 3 is 1.07 bits per heavy atom. The molecule has 0 aromatic heterocycles. The molecule has 1 atom stereocenters. The topological polar surface area (TPSA) is 40.5 Å². The van der Waals surface area contributed by atoms with E-state index in [1.54, 1.807) is 0 Å². The van der Waals surface area contributed by atoms with Crippen molar-refractivity contribution in [1.29, 1.82) is 0 Å². The monoisotopic (exact) mass is 384 g/mol. The second kappa shape index (κ2) is 24.0. The Hall–Kier alpha value is -0.0800. The molecule has 0 aliphatic heterocycles. The van der Waals surface area contributed by atoms with Gasteiger partial charge in [0.15, 0.2) is 0 Å². The van der Waals surface area contributed by atoms with Crippen LogP contribution < -0.4 is 0 Å². The molecule has 2 heteroatoms. The van der Waals surface area contributed by atoms with E-state index in [2.05, 4.69) is 6.92 Å². The van der Waals surface area contributed by atoms with E-state index in [-0.39, 0.29) is 12.7 Å². The Morgan fingerprint density at radius 1 is 0.444 bits per heavy atom. The Morgan fingerprint density at radius 2 is 0.741 bits per heavy atom. The van der Waals surface area contributed by atoms with Crippen LogP contribution in [0.3, 0.4) is 0 Å². The summed E-state index contributed by atoms with van der Waals surface area (Å²) in [6.45, 7) is 2.54. The molecule has 0 amide bonds. The van der Waals surface area contributed by atoms with Crippen LogP contribution in [-0.4, -0.2) is 22.9 Å². The summed E-state index contributed by atoms with van der Waals surface area (Å²) in [5.74, 6) is 0. The highest BCUT2D eigenvalue weighted by Gasteiger charge is 2.03. The van der Waals surface area contributed by atoms with Crippen molar-refractivity contribution in [3.63, 3.8) is 0 Å². The van der Waals surface area contributed by atoms with E-state index >= 15 is 0 Å². The summed E-state index contributed by atoms with van der Waals surface area (Å²) in [6.07, 6.45) is 28.7. The fourth-order valence-corrected chi connectivity index (χ4v) is 3.92. The lowest BCUT2D eigenvalue weighted by atomic mass is 10.0. The second-order valence-electron chi connectivity index (χ2n) is 8.67. The van der Waals surface area contributed by atoms with Crippen molar-refractivity contribution in [3.8, 4) is 0 Å². The molecule has 27 heavy (non-hydrogen) atoms. The molecule has 0 fully saturated rings. The maximum absolute atomic E-state index is 9.83. The molecule has 0 bridgehead atoms. The summed E-state index contributed by atoms with van der Waals surface area (Å²) in [5.41, 5.74) is 0. The highest BCUT2D eigenvalue weighted by molar-refractivity contribution is 4.57. The van der Waals surface area contributed by atoms with Crippen molar-refractivity contribution in [1.82, 2.24) is 0 Å². The van der Waals surface area contributed by atoms with Crippen LogP contribution in [0, 0.1) is 0 Å². The molecule has 2 N–H and O–H groups in total. The quantitative estimate of drug-likeness (QED) is 0.175. The van der Waals surface area contributed by atoms with Crippen LogP contribution in [0.1, 0.15) is 148 Å². The average Bonchev–Trinajstić information content (AvgIpc) is 2.67. The number of unbranched alkanes of at least 4 members (excludes halogenated alkanes) is 18. The number of hydrogen-bond donors (Lipinski definition) is 2. The van der Waals surface area contributed by atoms with Gasteiger partial charge in [-0.05, 0) is 25.7 Å². The molecule has 0 rings (SSSR count). The Bertz CT molecular complexity index is 255. The molecule has 0 unspecified atom stereocenters. The molecule has 0 aliphatic carbocycles. The Labute approximate surface area is 171 Å². The molecule has 0 aliphatic rings. The molecular weight excluding hydrogens is 332 g/mol. The zero-order chi connectivity index (χ0) is 19.8. The van der Waals surface area contributed by atoms with Gasteiger partial charge in [0.25, 0.3) is 0 Å². The van der Waals surface area contributed by atoms with E-state index < -0.39 is 0 Å². The van der Waals surface area contributed by atoms with E-state index in [1.807, 2.05) is 0 Å². The van der Waals surface area contributed by atoms with Gasteiger partial charge in [-0.1, -0.05) is 122 Å². The molecule has 0 saturated carbocycles. The van der Waals surface area contributed by atoms with Gasteiger partial charge >= 0.3 is 0 Å². The molecule has 0 aromatic carbocycles. The Kier molecular flexibility index (Phi) is 23.9. The van der Waals surface area contributed by atoms with Gasteiger partial charge in [-0.15, -0.1) is 0 Å². The first-order valence-electron chi connectivity index (χ1n) is 12.6. The standard InChI is InChI=1S/C25H52O2/c1-2-3-4-5-6-7-8-9-10-11-12-13-14-15-16-17-18-19-22-25(27)23-20-21-24-26/h25-27H,2-24H2,1H3/t25-/m0/s1. The molecule has 2 nitrogen and oxygen atoms in total. The van der Waals surface area contributed by atoms with Crippen LogP contribution >= 0.6 is 0 Å². The van der Waals surface area contributed by atoms with Gasteiger partial charge in [0.2, 0.25) is 0 Å². The van der Waals surface area contributed by atoms with Gasteiger partial charge < -0.3 is 10.2 Å². The van der Waals surface area contributed by atoms with Crippen LogP contribution in [0.4, 0.5) is 0 Å². The van der Waals surface area contributed by atoms with Crippen LogP contribution in [-0.2, 0) is 0 Å². The van der Waals surface area contributed by atoms with Crippen molar-refractivity contribution >= 4 is 0 Å². The largest absolute Gasteiger partial charge is 0.396 e. The molecule has 0 spiro atoms. The minimum absolute atomic E-state index is 0.141. The van der Waals surface area contributed by atoms with Crippen molar-refractivity contribution < 1.29 is 10.2 Å². The molecule has 0 heterocycles. The molecular formula is C25H52O2. The minimum atomic E-state index is -0.141. The summed E-state index contributed by atoms with van der Waals surface area (Å²) < 4.78 is 0. The summed E-state index contributed by atoms with van der Waals surface area (Å²) in [4.78, 5) is 0. The van der Waals surface area contributed by atoms with Gasteiger partial charge in [0.05, 0.1) is 6.10 Å². The summed E-state index contributed by atoms with van der Waals surface area (Å²) in [5, 5.41) is 18.6. The minimum Gasteiger partial charge on any atom is -0.396 e. The van der Waals surface area contributed by atoms with Gasteiger partial charge in [-0.3, -0.25) is 0 Å². The third-order valence-electron chi connectivity index (χ3n) is 5.84. The molecule has 0 radical (unpaired) electrons. The molecule has 0 saturated heterocycles. The van der Waals surface area contributed by atoms with Gasteiger partial charge in [0.1, 0.15) is 0 Å². The molecule has 164 valence electrons. The van der Waals surface area contributed by atoms with Crippen molar-refractivity contribution in [2.45, 2.75) is 154 Å². The fraction of sp³-hybridized carbons (Fsp3) is 1.00. The van der Waals surface area contributed by atoms with Crippen molar-refractivity contribution in [2.75, 3.05) is 6.61 Å². The van der Waals surface area contributed by atoms with Gasteiger partial charge in [-0.25, -0.2) is 0 Å². The van der Waals surface area contributed by atoms with Crippen LogP contribution in [0.25, 0.3) is 0 Å². The first-order valence-corrected chi connectivity index (χ1v) is 12.6. The van der Waals surface area contributed by atoms with Gasteiger partial charge in [-0.2, -0.15) is 0 Å². The third kappa shape index (κ3) is 23.9. The number of aliphatic hydroxyl groups excluding tert-OH is 2. The number of aliphatic hydroxyl groups is 2. The average molecular weight is 385 g/mol. The number of hydrogen-bond acceptors (Lipinski definition) is 2. The van der Waals surface area contributed by atoms with E-state index in [4.69, 9.17) is 5.11 Å². The third-order valence-corrected chi connectivity index (χ3v) is 5.84. The lowest BCUT2D eigenvalue weighted by Gasteiger charge is -2.09. The highest BCUT2D eigenvalue weighted by atomic mass is 16.3. The van der Waals surface area contributed by atoms with Crippen LogP contribution in [0.2, 0.25) is 0 Å². The van der Waals surface area contributed by atoms with E-state index in [9.17, 15) is 5.11 Å². The van der Waals surface area contributed by atoms with Gasteiger partial charge in [0, 0.05) is 6.61 Å². The smallest absolute Gasteiger partial charge is 0.0540 e. The first-order chi connectivity index (χ1) is 13.3. The lowest BCUT2D eigenvalue weighted by molar-refractivity contribution is 0.144. The fourth-order valence-electron chi connectivity index (χ4n) is 3.92. The van der Waals surface area contributed by atoms with Crippen LogP contribution in [0.5, 0.6) is 0 Å². The lowest BCUT2D eigenvalue weighted by Crippen LogP contribution is -2.06. The predicted molar refractivity (Wildman–Crippen MR) is 120 cm³/mol. The summed E-state index contributed by atoms with van der Waals surface area (Å²) in [7, 11) is 0. The van der Waals surface area contributed by atoms with E-state index in [0.717, 1.165) is 25.7 Å². The normalized spacial score (nSPS) is 12.6. The summed E-state index contributed by atoms with van der Waals surface area (Å²) >= 11 is 0. The number of rotatable bonds is 23. The zero-order valence-corrected chi connectivity index (χ0v) is 18.7. The van der Waals surface area contributed by atoms with Crippen molar-refractivity contribution in [2.24, 2.45) is 0 Å². The Balaban J connectivity index is 3.05. The SMILES string of the molecule is CCCCCCCCCCCCCCCCCCCC[C@H](O)CCCCO. The van der Waals surface area contributed by atoms with E-state index in [1.165, 1.54) is 116 Å². The maximum atomic E-state index is 9.83.